The second kappa shape index (κ2) is 6.26. The Morgan fingerprint density at radius 3 is 2.56 bits per heavy atom. The van der Waals surface area contributed by atoms with Crippen LogP contribution in [-0.2, 0) is 0 Å². The Bertz CT molecular complexity index is 421. The van der Waals surface area contributed by atoms with Gasteiger partial charge in [-0.2, -0.15) is 0 Å². The molecule has 2 nitrogen and oxygen atoms in total. The fourth-order valence-corrected chi connectivity index (χ4v) is 2.52. The highest BCUT2D eigenvalue weighted by molar-refractivity contribution is 6.25. The maximum atomic E-state index is 5.57. The van der Waals surface area contributed by atoms with Gasteiger partial charge in [0.25, 0.3) is 0 Å². The fraction of sp³-hybridized carbons (Fsp3) is 0.467. The molecule has 0 radical (unpaired) electrons. The first-order valence-corrected chi connectivity index (χ1v) is 6.94. The minimum atomic E-state index is 0.962. The van der Waals surface area contributed by atoms with Gasteiger partial charge in [-0.1, -0.05) is 29.8 Å². The predicted octanol–water partition coefficient (Wildman–Crippen LogP) is 3.18. The van der Waals surface area contributed by atoms with Crippen LogP contribution in [0.3, 0.4) is 0 Å². The van der Waals surface area contributed by atoms with Gasteiger partial charge in [0.1, 0.15) is 0 Å². The minimum absolute atomic E-state index is 0.962. The number of halogens is 1. The van der Waals surface area contributed by atoms with Crippen LogP contribution in [0.4, 0.5) is 5.69 Å². The molecule has 1 aromatic rings. The van der Waals surface area contributed by atoms with Crippen LogP contribution in [0.1, 0.15) is 11.1 Å². The lowest BCUT2D eigenvalue weighted by Crippen LogP contribution is -2.46. The van der Waals surface area contributed by atoms with Gasteiger partial charge in [0.15, 0.2) is 0 Å². The van der Waals surface area contributed by atoms with Gasteiger partial charge in [0.05, 0.1) is 0 Å². The summed E-state index contributed by atoms with van der Waals surface area (Å²) < 4.78 is 0. The molecule has 0 N–H and O–H groups in total. The van der Waals surface area contributed by atoms with E-state index < -0.39 is 0 Å². The lowest BCUT2D eigenvalue weighted by molar-refractivity contribution is 0.284. The second-order valence-corrected chi connectivity index (χ2v) is 5.12. The number of hydrogen-bond donors (Lipinski definition) is 0. The Morgan fingerprint density at radius 1 is 1.17 bits per heavy atom. The average molecular weight is 265 g/mol. The van der Waals surface area contributed by atoms with E-state index in [1.165, 1.54) is 16.8 Å². The predicted molar refractivity (Wildman–Crippen MR) is 79.6 cm³/mol. The van der Waals surface area contributed by atoms with Crippen molar-refractivity contribution in [3.63, 3.8) is 0 Å². The highest BCUT2D eigenvalue weighted by Crippen LogP contribution is 2.23. The van der Waals surface area contributed by atoms with E-state index in [9.17, 15) is 0 Å². The Balaban J connectivity index is 1.99. The highest BCUT2D eigenvalue weighted by Gasteiger charge is 2.17. The second-order valence-electron chi connectivity index (χ2n) is 4.87. The van der Waals surface area contributed by atoms with E-state index in [0.29, 0.717) is 0 Å². The van der Waals surface area contributed by atoms with E-state index in [1.807, 2.05) is 6.08 Å². The zero-order valence-electron chi connectivity index (χ0n) is 11.2. The van der Waals surface area contributed by atoms with Crippen LogP contribution in [0.5, 0.6) is 0 Å². The summed E-state index contributed by atoms with van der Waals surface area (Å²) in [6.07, 6.45) is 2.01. The standard InChI is InChI=1S/C15H21ClN2/c1-13-5-3-6-15(14(13)2)18-11-9-17(10-12-18)8-4-7-16/h3-7H,8-12H2,1-2H3/b7-4+. The molecule has 98 valence electrons. The molecule has 0 saturated carbocycles. The largest absolute Gasteiger partial charge is 0.369 e. The molecule has 0 atom stereocenters. The third-order valence-corrected chi connectivity index (χ3v) is 3.92. The van der Waals surface area contributed by atoms with Crippen molar-refractivity contribution in [2.24, 2.45) is 0 Å². The molecular formula is C15H21ClN2. The summed E-state index contributed by atoms with van der Waals surface area (Å²) >= 11 is 5.57. The summed E-state index contributed by atoms with van der Waals surface area (Å²) in [4.78, 5) is 4.92. The van der Waals surface area contributed by atoms with Gasteiger partial charge in [-0.25, -0.2) is 0 Å². The van der Waals surface area contributed by atoms with Gasteiger partial charge in [0, 0.05) is 43.9 Å². The molecule has 1 saturated heterocycles. The van der Waals surface area contributed by atoms with Crippen LogP contribution in [0.2, 0.25) is 0 Å². The molecule has 0 aliphatic carbocycles. The molecule has 1 aromatic carbocycles. The number of aryl methyl sites for hydroxylation is 1. The van der Waals surface area contributed by atoms with Gasteiger partial charge in [-0.3, -0.25) is 4.90 Å². The third kappa shape index (κ3) is 3.06. The van der Waals surface area contributed by atoms with E-state index in [4.69, 9.17) is 11.6 Å². The topological polar surface area (TPSA) is 6.48 Å². The molecule has 1 fully saturated rings. The summed E-state index contributed by atoms with van der Waals surface area (Å²) in [6, 6.07) is 6.57. The molecule has 2 rings (SSSR count). The van der Waals surface area contributed by atoms with Gasteiger partial charge in [0.2, 0.25) is 0 Å². The van der Waals surface area contributed by atoms with Crippen molar-refractivity contribution in [1.29, 1.82) is 0 Å². The Kier molecular flexibility index (Phi) is 4.67. The van der Waals surface area contributed by atoms with E-state index in [-0.39, 0.29) is 0 Å². The molecule has 0 spiro atoms. The molecule has 1 aliphatic rings. The molecule has 0 unspecified atom stereocenters. The Labute approximate surface area is 115 Å². The molecular weight excluding hydrogens is 244 g/mol. The number of rotatable bonds is 3. The highest BCUT2D eigenvalue weighted by atomic mass is 35.5. The smallest absolute Gasteiger partial charge is 0.0399 e. The summed E-state index contributed by atoms with van der Waals surface area (Å²) in [6.45, 7) is 9.77. The van der Waals surface area contributed by atoms with Crippen molar-refractivity contribution in [2.45, 2.75) is 13.8 Å². The SMILES string of the molecule is Cc1cccc(N2CCN(C/C=C/Cl)CC2)c1C. The van der Waals surface area contributed by atoms with Crippen LogP contribution in [0.15, 0.2) is 29.8 Å². The first-order chi connectivity index (χ1) is 8.72. The monoisotopic (exact) mass is 264 g/mol. The van der Waals surface area contributed by atoms with Crippen molar-refractivity contribution in [1.82, 2.24) is 4.90 Å². The van der Waals surface area contributed by atoms with Gasteiger partial charge >= 0.3 is 0 Å². The van der Waals surface area contributed by atoms with Gasteiger partial charge in [-0.15, -0.1) is 0 Å². The third-order valence-electron chi connectivity index (χ3n) is 3.74. The maximum Gasteiger partial charge on any atom is 0.0399 e. The molecule has 3 heteroatoms. The van der Waals surface area contributed by atoms with Crippen LogP contribution in [-0.4, -0.2) is 37.6 Å². The van der Waals surface area contributed by atoms with Gasteiger partial charge in [-0.05, 0) is 31.0 Å². The number of benzene rings is 1. The Morgan fingerprint density at radius 2 is 1.89 bits per heavy atom. The first-order valence-electron chi connectivity index (χ1n) is 6.51. The first kappa shape index (κ1) is 13.4. The zero-order chi connectivity index (χ0) is 13.0. The molecule has 0 aromatic heterocycles. The number of piperazine rings is 1. The molecule has 0 bridgehead atoms. The summed E-state index contributed by atoms with van der Waals surface area (Å²) in [5.41, 5.74) is 5.78. The lowest BCUT2D eigenvalue weighted by Gasteiger charge is -2.36. The van der Waals surface area contributed by atoms with E-state index >= 15 is 0 Å². The van der Waals surface area contributed by atoms with E-state index in [1.54, 1.807) is 5.54 Å². The molecule has 1 heterocycles. The van der Waals surface area contributed by atoms with Crippen molar-refractivity contribution in [3.8, 4) is 0 Å². The number of nitrogens with zero attached hydrogens (tertiary/aromatic N) is 2. The average Bonchev–Trinajstić information content (AvgIpc) is 2.40. The lowest BCUT2D eigenvalue weighted by atomic mass is 10.1. The van der Waals surface area contributed by atoms with Crippen LogP contribution in [0, 0.1) is 13.8 Å². The summed E-state index contributed by atoms with van der Waals surface area (Å²) in [5, 5.41) is 0. The normalized spacial score (nSPS) is 17.6. The van der Waals surface area contributed by atoms with Crippen LogP contribution < -0.4 is 4.90 Å². The fourth-order valence-electron chi connectivity index (χ4n) is 2.44. The number of anilines is 1. The molecule has 0 amide bonds. The van der Waals surface area contributed by atoms with E-state index in [2.05, 4.69) is 41.8 Å². The summed E-state index contributed by atoms with van der Waals surface area (Å²) in [7, 11) is 0. The van der Waals surface area contributed by atoms with Crippen molar-refractivity contribution >= 4 is 17.3 Å². The Hall–Kier alpha value is -0.990. The van der Waals surface area contributed by atoms with Crippen LogP contribution >= 0.6 is 11.6 Å². The van der Waals surface area contributed by atoms with Gasteiger partial charge < -0.3 is 4.90 Å². The number of hydrogen-bond acceptors (Lipinski definition) is 2. The minimum Gasteiger partial charge on any atom is -0.369 e. The molecule has 1 aliphatic heterocycles. The quantitative estimate of drug-likeness (QED) is 0.827. The maximum absolute atomic E-state index is 5.57. The molecule has 18 heavy (non-hydrogen) atoms. The van der Waals surface area contributed by atoms with E-state index in [0.717, 1.165) is 32.7 Å². The summed E-state index contributed by atoms with van der Waals surface area (Å²) in [5.74, 6) is 0. The van der Waals surface area contributed by atoms with Crippen molar-refractivity contribution in [3.05, 3.63) is 40.9 Å². The van der Waals surface area contributed by atoms with Crippen LogP contribution in [0.25, 0.3) is 0 Å². The van der Waals surface area contributed by atoms with Crippen molar-refractivity contribution in [2.75, 3.05) is 37.6 Å². The zero-order valence-corrected chi connectivity index (χ0v) is 12.0. The van der Waals surface area contributed by atoms with Crippen molar-refractivity contribution < 1.29 is 0 Å².